The molecule has 0 radical (unpaired) electrons. The van der Waals surface area contributed by atoms with E-state index in [2.05, 4.69) is 10.4 Å². The molecule has 158 valence electrons. The molecular formula is C23H20ClFN4O2. The van der Waals surface area contributed by atoms with Gasteiger partial charge in [0.2, 0.25) is 5.91 Å². The van der Waals surface area contributed by atoms with Crippen molar-refractivity contribution < 1.29 is 14.0 Å². The summed E-state index contributed by atoms with van der Waals surface area (Å²) in [4.78, 5) is 28.0. The number of carbonyl (C=O) groups excluding carboxylic acids is 2. The summed E-state index contributed by atoms with van der Waals surface area (Å²) in [6, 6.07) is 12.3. The van der Waals surface area contributed by atoms with Crippen molar-refractivity contribution >= 4 is 23.4 Å². The molecule has 2 aliphatic rings. The molecule has 0 saturated carbocycles. The number of halogens is 2. The number of piperazine rings is 1. The van der Waals surface area contributed by atoms with Gasteiger partial charge >= 0.3 is 0 Å². The lowest BCUT2D eigenvalue weighted by atomic mass is 10.0. The van der Waals surface area contributed by atoms with Crippen molar-refractivity contribution in [2.45, 2.75) is 25.3 Å². The second-order valence-corrected chi connectivity index (χ2v) is 8.14. The van der Waals surface area contributed by atoms with E-state index < -0.39 is 6.04 Å². The molecule has 3 aromatic rings. The average molecular weight is 439 g/mol. The van der Waals surface area contributed by atoms with E-state index in [1.165, 1.54) is 12.1 Å². The number of carbonyl (C=O) groups is 2. The van der Waals surface area contributed by atoms with Crippen LogP contribution < -0.4 is 5.32 Å². The zero-order chi connectivity index (χ0) is 21.5. The predicted octanol–water partition coefficient (Wildman–Crippen LogP) is 3.47. The van der Waals surface area contributed by atoms with Crippen molar-refractivity contribution in [3.8, 4) is 5.69 Å². The maximum Gasteiger partial charge on any atom is 0.275 e. The molecule has 6 nitrogen and oxygen atoms in total. The summed E-state index contributed by atoms with van der Waals surface area (Å²) in [7, 11) is 0. The highest BCUT2D eigenvalue weighted by Gasteiger charge is 2.38. The van der Waals surface area contributed by atoms with Crippen LogP contribution in [-0.4, -0.2) is 39.6 Å². The minimum atomic E-state index is -0.817. The first-order valence-electron chi connectivity index (χ1n) is 10.2. The first-order chi connectivity index (χ1) is 15.0. The van der Waals surface area contributed by atoms with Gasteiger partial charge in [0.15, 0.2) is 5.69 Å². The summed E-state index contributed by atoms with van der Waals surface area (Å²) in [5.41, 5.74) is 3.51. The molecule has 2 amide bonds. The van der Waals surface area contributed by atoms with Crippen LogP contribution in [0.15, 0.2) is 48.5 Å². The summed E-state index contributed by atoms with van der Waals surface area (Å²) in [5.74, 6) is -0.883. The van der Waals surface area contributed by atoms with Gasteiger partial charge < -0.3 is 10.2 Å². The minimum Gasteiger partial charge on any atom is -0.352 e. The van der Waals surface area contributed by atoms with Crippen LogP contribution in [0.4, 0.5) is 4.39 Å². The van der Waals surface area contributed by atoms with Gasteiger partial charge in [-0.3, -0.25) is 9.59 Å². The topological polar surface area (TPSA) is 67.2 Å². The third-order valence-electron chi connectivity index (χ3n) is 5.88. The number of amides is 2. The van der Waals surface area contributed by atoms with E-state index in [1.54, 1.807) is 46.0 Å². The summed E-state index contributed by atoms with van der Waals surface area (Å²) in [6.45, 7) is 0.727. The quantitative estimate of drug-likeness (QED) is 0.681. The number of hydrogen-bond acceptors (Lipinski definition) is 3. The van der Waals surface area contributed by atoms with Crippen LogP contribution in [0.3, 0.4) is 0 Å². The van der Waals surface area contributed by atoms with E-state index in [0.29, 0.717) is 35.1 Å². The molecule has 1 aliphatic carbocycles. The number of nitrogens with one attached hydrogen (secondary N) is 1. The molecule has 31 heavy (non-hydrogen) atoms. The van der Waals surface area contributed by atoms with Gasteiger partial charge in [0, 0.05) is 34.9 Å². The fourth-order valence-electron chi connectivity index (χ4n) is 4.43. The molecule has 5 rings (SSSR count). The number of benzene rings is 2. The van der Waals surface area contributed by atoms with Crippen LogP contribution in [0, 0.1) is 5.82 Å². The minimum absolute atomic E-state index is 0.262. The highest BCUT2D eigenvalue weighted by atomic mass is 35.5. The molecule has 1 fully saturated rings. The standard InChI is InChI=1S/C23H20ClFN4O2/c24-18-6-2-1-4-16(18)21-22(30)26-12-13-28(21)23(31)20-17-5-3-7-19(17)29(27-20)15-10-8-14(25)9-11-15/h1-2,4,6,8-11,21H,3,5,7,12-13H2,(H,26,30). The van der Waals surface area contributed by atoms with Crippen LogP contribution in [0.1, 0.15) is 39.8 Å². The van der Waals surface area contributed by atoms with Crippen molar-refractivity contribution in [2.75, 3.05) is 13.1 Å². The highest BCUT2D eigenvalue weighted by Crippen LogP contribution is 2.33. The molecule has 1 aliphatic heterocycles. The van der Waals surface area contributed by atoms with E-state index in [0.717, 1.165) is 30.5 Å². The monoisotopic (exact) mass is 438 g/mol. The lowest BCUT2D eigenvalue weighted by Gasteiger charge is -2.35. The number of rotatable bonds is 3. The predicted molar refractivity (Wildman–Crippen MR) is 114 cm³/mol. The maximum absolute atomic E-state index is 13.7. The first kappa shape index (κ1) is 19.8. The van der Waals surface area contributed by atoms with Gasteiger partial charge in [0.05, 0.1) is 5.69 Å². The Morgan fingerprint density at radius 3 is 2.68 bits per heavy atom. The van der Waals surface area contributed by atoms with E-state index >= 15 is 0 Å². The molecule has 1 N–H and O–H groups in total. The molecule has 8 heteroatoms. The van der Waals surface area contributed by atoms with Crippen molar-refractivity contribution in [1.82, 2.24) is 20.0 Å². The van der Waals surface area contributed by atoms with Crippen molar-refractivity contribution in [3.63, 3.8) is 0 Å². The highest BCUT2D eigenvalue weighted by molar-refractivity contribution is 6.31. The Morgan fingerprint density at radius 1 is 1.13 bits per heavy atom. The zero-order valence-electron chi connectivity index (χ0n) is 16.6. The van der Waals surface area contributed by atoms with Crippen LogP contribution >= 0.6 is 11.6 Å². The number of aromatic nitrogens is 2. The van der Waals surface area contributed by atoms with Gasteiger partial charge in [-0.15, -0.1) is 0 Å². The van der Waals surface area contributed by atoms with Crippen molar-refractivity contribution in [1.29, 1.82) is 0 Å². The zero-order valence-corrected chi connectivity index (χ0v) is 17.4. The van der Waals surface area contributed by atoms with Gasteiger partial charge in [0.1, 0.15) is 11.9 Å². The fraction of sp³-hybridized carbons (Fsp3) is 0.261. The molecule has 1 saturated heterocycles. The second-order valence-electron chi connectivity index (χ2n) is 7.73. The largest absolute Gasteiger partial charge is 0.352 e. The van der Waals surface area contributed by atoms with E-state index in [4.69, 9.17) is 11.6 Å². The molecule has 0 bridgehead atoms. The normalized spacial score (nSPS) is 18.1. The average Bonchev–Trinajstić information content (AvgIpc) is 3.37. The summed E-state index contributed by atoms with van der Waals surface area (Å²) < 4.78 is 15.1. The van der Waals surface area contributed by atoms with Gasteiger partial charge in [-0.25, -0.2) is 9.07 Å². The third-order valence-corrected chi connectivity index (χ3v) is 6.22. The Balaban J connectivity index is 1.56. The van der Waals surface area contributed by atoms with Crippen molar-refractivity contribution in [2.24, 2.45) is 0 Å². The summed E-state index contributed by atoms with van der Waals surface area (Å²) >= 11 is 6.36. The lowest BCUT2D eigenvalue weighted by Crippen LogP contribution is -2.52. The van der Waals surface area contributed by atoms with Gasteiger partial charge in [-0.1, -0.05) is 29.8 Å². The van der Waals surface area contributed by atoms with Gasteiger partial charge in [-0.2, -0.15) is 5.10 Å². The second kappa shape index (κ2) is 7.81. The first-order valence-corrected chi connectivity index (χ1v) is 10.6. The van der Waals surface area contributed by atoms with E-state index in [-0.39, 0.29) is 17.6 Å². The smallest absolute Gasteiger partial charge is 0.275 e. The van der Waals surface area contributed by atoms with E-state index in [1.807, 2.05) is 0 Å². The Bertz CT molecular complexity index is 1170. The molecule has 1 aromatic heterocycles. The van der Waals surface area contributed by atoms with Crippen LogP contribution in [0.5, 0.6) is 0 Å². The molecule has 0 spiro atoms. The number of nitrogens with zero attached hydrogens (tertiary/aromatic N) is 3. The van der Waals surface area contributed by atoms with Crippen LogP contribution in [0.25, 0.3) is 5.69 Å². The SMILES string of the molecule is O=C1NCCN(C(=O)c2nn(-c3ccc(F)cc3)c3c2CCC3)C1c1ccccc1Cl. The van der Waals surface area contributed by atoms with E-state index in [9.17, 15) is 14.0 Å². The fourth-order valence-corrected chi connectivity index (χ4v) is 4.67. The maximum atomic E-state index is 13.7. The summed E-state index contributed by atoms with van der Waals surface area (Å²) in [5, 5.41) is 7.89. The van der Waals surface area contributed by atoms with Crippen LogP contribution in [0.2, 0.25) is 5.02 Å². The Labute approximate surface area is 183 Å². The Kier molecular flexibility index (Phi) is 4.98. The molecule has 1 unspecified atom stereocenters. The molecule has 1 atom stereocenters. The lowest BCUT2D eigenvalue weighted by molar-refractivity contribution is -0.128. The van der Waals surface area contributed by atoms with Crippen LogP contribution in [-0.2, 0) is 17.6 Å². The molecule has 2 heterocycles. The number of hydrogen-bond donors (Lipinski definition) is 1. The molecular weight excluding hydrogens is 419 g/mol. The Morgan fingerprint density at radius 2 is 1.90 bits per heavy atom. The van der Waals surface area contributed by atoms with Gasteiger partial charge in [0.25, 0.3) is 5.91 Å². The van der Waals surface area contributed by atoms with Crippen molar-refractivity contribution in [3.05, 3.63) is 81.9 Å². The summed E-state index contributed by atoms with van der Waals surface area (Å²) in [6.07, 6.45) is 2.46. The van der Waals surface area contributed by atoms with Gasteiger partial charge in [-0.05, 0) is 49.6 Å². The Hall–Kier alpha value is -3.19. The third kappa shape index (κ3) is 3.39. The number of fused-ring (bicyclic) bond motifs is 1. The molecule has 2 aromatic carbocycles.